The zero-order chi connectivity index (χ0) is 12.6. The lowest BCUT2D eigenvalue weighted by atomic mass is 9.93. The zero-order valence-electron chi connectivity index (χ0n) is 10.7. The summed E-state index contributed by atoms with van der Waals surface area (Å²) in [7, 11) is 0. The van der Waals surface area contributed by atoms with Crippen LogP contribution in [0, 0.1) is 12.3 Å². The van der Waals surface area contributed by atoms with Crippen LogP contribution in [0.15, 0.2) is 18.2 Å². The fraction of sp³-hybridized carbons (Fsp3) is 0.500. The third-order valence-electron chi connectivity index (χ3n) is 3.40. The van der Waals surface area contributed by atoms with Gasteiger partial charge in [0, 0.05) is 13.1 Å². The summed E-state index contributed by atoms with van der Waals surface area (Å²) in [5, 5.41) is 9.22. The largest absolute Gasteiger partial charge is 0.478 e. The van der Waals surface area contributed by atoms with Gasteiger partial charge in [0.2, 0.25) is 0 Å². The predicted molar refractivity (Wildman–Crippen MR) is 68.7 cm³/mol. The lowest BCUT2D eigenvalue weighted by molar-refractivity contribution is 0.0697. The molecule has 2 rings (SSSR count). The van der Waals surface area contributed by atoms with Gasteiger partial charge < -0.3 is 10.0 Å². The first-order valence-electron chi connectivity index (χ1n) is 5.98. The van der Waals surface area contributed by atoms with E-state index in [1.807, 2.05) is 19.1 Å². The highest BCUT2D eigenvalue weighted by Crippen LogP contribution is 2.34. The molecule has 1 aromatic rings. The Morgan fingerprint density at radius 1 is 1.41 bits per heavy atom. The maximum absolute atomic E-state index is 11.2. The van der Waals surface area contributed by atoms with Crippen molar-refractivity contribution in [2.75, 3.05) is 18.0 Å². The fourth-order valence-corrected chi connectivity index (χ4v) is 2.40. The number of carboxylic acids is 1. The Kier molecular flexibility index (Phi) is 2.86. The predicted octanol–water partition coefficient (Wildman–Crippen LogP) is 2.93. The van der Waals surface area contributed by atoms with Gasteiger partial charge >= 0.3 is 5.97 Å². The third kappa shape index (κ3) is 2.43. The highest BCUT2D eigenvalue weighted by Gasteiger charge is 2.31. The van der Waals surface area contributed by atoms with Crippen molar-refractivity contribution in [3.05, 3.63) is 29.3 Å². The van der Waals surface area contributed by atoms with Gasteiger partial charge in [0.25, 0.3) is 0 Å². The minimum Gasteiger partial charge on any atom is -0.478 e. The Bertz CT molecular complexity index is 452. The molecule has 0 saturated carbocycles. The standard InChI is InChI=1S/C14H19NO2/c1-10-4-5-11(13(16)17)12(8-10)15-7-6-14(2,3)9-15/h4-5,8H,6-7,9H2,1-3H3,(H,16,17). The van der Waals surface area contributed by atoms with Crippen LogP contribution in [0.25, 0.3) is 0 Å². The van der Waals surface area contributed by atoms with Crippen molar-refractivity contribution in [2.24, 2.45) is 5.41 Å². The molecule has 17 heavy (non-hydrogen) atoms. The second-order valence-electron chi connectivity index (χ2n) is 5.66. The smallest absolute Gasteiger partial charge is 0.337 e. The average molecular weight is 233 g/mol. The molecule has 0 aromatic heterocycles. The van der Waals surface area contributed by atoms with Crippen molar-refractivity contribution >= 4 is 11.7 Å². The fourth-order valence-electron chi connectivity index (χ4n) is 2.40. The number of anilines is 1. The molecule has 1 fully saturated rings. The summed E-state index contributed by atoms with van der Waals surface area (Å²) < 4.78 is 0. The summed E-state index contributed by atoms with van der Waals surface area (Å²) in [6, 6.07) is 5.54. The van der Waals surface area contributed by atoms with Crippen LogP contribution in [0.4, 0.5) is 5.69 Å². The number of hydrogen-bond donors (Lipinski definition) is 1. The van der Waals surface area contributed by atoms with E-state index in [2.05, 4.69) is 18.7 Å². The second-order valence-corrected chi connectivity index (χ2v) is 5.66. The van der Waals surface area contributed by atoms with E-state index in [0.29, 0.717) is 5.56 Å². The molecular formula is C14H19NO2. The number of hydrogen-bond acceptors (Lipinski definition) is 2. The van der Waals surface area contributed by atoms with E-state index in [1.54, 1.807) is 6.07 Å². The summed E-state index contributed by atoms with van der Waals surface area (Å²) in [4.78, 5) is 13.4. The molecule has 1 aliphatic heterocycles. The van der Waals surface area contributed by atoms with Gasteiger partial charge in [-0.1, -0.05) is 19.9 Å². The first-order chi connectivity index (χ1) is 7.89. The Hall–Kier alpha value is -1.51. The third-order valence-corrected chi connectivity index (χ3v) is 3.40. The van der Waals surface area contributed by atoms with Gasteiger partial charge in [0.15, 0.2) is 0 Å². The van der Waals surface area contributed by atoms with Crippen molar-refractivity contribution in [1.82, 2.24) is 0 Å². The number of nitrogens with zero attached hydrogens (tertiary/aromatic N) is 1. The molecule has 0 unspecified atom stereocenters. The van der Waals surface area contributed by atoms with E-state index in [0.717, 1.165) is 30.8 Å². The molecule has 0 spiro atoms. The molecule has 1 aromatic carbocycles. The molecule has 1 aliphatic rings. The van der Waals surface area contributed by atoms with Crippen LogP contribution in [0.1, 0.15) is 36.2 Å². The van der Waals surface area contributed by atoms with Crippen LogP contribution in [-0.2, 0) is 0 Å². The molecule has 0 bridgehead atoms. The van der Waals surface area contributed by atoms with Gasteiger partial charge in [-0.15, -0.1) is 0 Å². The van der Waals surface area contributed by atoms with E-state index >= 15 is 0 Å². The Balaban J connectivity index is 2.38. The molecule has 92 valence electrons. The minimum absolute atomic E-state index is 0.277. The van der Waals surface area contributed by atoms with Crippen LogP contribution in [0.2, 0.25) is 0 Å². The summed E-state index contributed by atoms with van der Waals surface area (Å²) in [5.41, 5.74) is 2.66. The summed E-state index contributed by atoms with van der Waals surface area (Å²) in [5.74, 6) is -0.843. The van der Waals surface area contributed by atoms with E-state index in [4.69, 9.17) is 0 Å². The molecule has 1 N–H and O–H groups in total. The minimum atomic E-state index is -0.843. The van der Waals surface area contributed by atoms with Gasteiger partial charge in [-0.05, 0) is 36.5 Å². The van der Waals surface area contributed by atoms with Gasteiger partial charge in [0.05, 0.1) is 11.3 Å². The molecule has 0 atom stereocenters. The topological polar surface area (TPSA) is 40.5 Å². The van der Waals surface area contributed by atoms with E-state index in [9.17, 15) is 9.90 Å². The van der Waals surface area contributed by atoms with Crippen molar-refractivity contribution in [2.45, 2.75) is 27.2 Å². The highest BCUT2D eigenvalue weighted by atomic mass is 16.4. The first-order valence-corrected chi connectivity index (χ1v) is 5.98. The molecular weight excluding hydrogens is 214 g/mol. The van der Waals surface area contributed by atoms with Crippen LogP contribution >= 0.6 is 0 Å². The van der Waals surface area contributed by atoms with E-state index in [-0.39, 0.29) is 5.41 Å². The Morgan fingerprint density at radius 3 is 2.65 bits per heavy atom. The Labute approximate surface area is 102 Å². The molecule has 3 nitrogen and oxygen atoms in total. The lowest BCUT2D eigenvalue weighted by Crippen LogP contribution is -2.24. The van der Waals surface area contributed by atoms with E-state index < -0.39 is 5.97 Å². The number of benzene rings is 1. The summed E-state index contributed by atoms with van der Waals surface area (Å²) >= 11 is 0. The van der Waals surface area contributed by atoms with Crippen LogP contribution < -0.4 is 4.90 Å². The zero-order valence-corrected chi connectivity index (χ0v) is 10.7. The lowest BCUT2D eigenvalue weighted by Gasteiger charge is -2.23. The number of rotatable bonds is 2. The first kappa shape index (κ1) is 12.0. The maximum Gasteiger partial charge on any atom is 0.337 e. The molecule has 0 aliphatic carbocycles. The van der Waals surface area contributed by atoms with Crippen molar-refractivity contribution in [3.8, 4) is 0 Å². The van der Waals surface area contributed by atoms with E-state index in [1.165, 1.54) is 0 Å². The molecule has 1 heterocycles. The van der Waals surface area contributed by atoms with Crippen LogP contribution in [0.5, 0.6) is 0 Å². The van der Waals surface area contributed by atoms with Gasteiger partial charge in [-0.25, -0.2) is 4.79 Å². The molecule has 0 amide bonds. The van der Waals surface area contributed by atoms with Crippen LogP contribution in [-0.4, -0.2) is 24.2 Å². The number of carboxylic acid groups (broad SMARTS) is 1. The summed E-state index contributed by atoms with van der Waals surface area (Å²) in [6.45, 7) is 8.32. The maximum atomic E-state index is 11.2. The monoisotopic (exact) mass is 233 g/mol. The van der Waals surface area contributed by atoms with Gasteiger partial charge in [0.1, 0.15) is 0 Å². The quantitative estimate of drug-likeness (QED) is 0.853. The van der Waals surface area contributed by atoms with Crippen molar-refractivity contribution < 1.29 is 9.90 Å². The molecule has 1 saturated heterocycles. The normalized spacial score (nSPS) is 18.4. The SMILES string of the molecule is Cc1ccc(C(=O)O)c(N2CCC(C)(C)C2)c1. The van der Waals surface area contributed by atoms with Gasteiger partial charge in [-0.3, -0.25) is 0 Å². The number of carbonyl (C=O) groups is 1. The Morgan fingerprint density at radius 2 is 2.12 bits per heavy atom. The molecule has 3 heteroatoms. The molecule has 0 radical (unpaired) electrons. The van der Waals surface area contributed by atoms with Crippen molar-refractivity contribution in [1.29, 1.82) is 0 Å². The van der Waals surface area contributed by atoms with Crippen molar-refractivity contribution in [3.63, 3.8) is 0 Å². The highest BCUT2D eigenvalue weighted by molar-refractivity contribution is 5.94. The second kappa shape index (κ2) is 4.06. The van der Waals surface area contributed by atoms with Gasteiger partial charge in [-0.2, -0.15) is 0 Å². The number of aromatic carboxylic acids is 1. The summed E-state index contributed by atoms with van der Waals surface area (Å²) in [6.07, 6.45) is 1.11. The average Bonchev–Trinajstić information content (AvgIpc) is 2.58. The number of aryl methyl sites for hydroxylation is 1. The van der Waals surface area contributed by atoms with Crippen LogP contribution in [0.3, 0.4) is 0 Å².